The van der Waals surface area contributed by atoms with Gasteiger partial charge in [-0.05, 0) is 59.1 Å². The van der Waals surface area contributed by atoms with Crippen LogP contribution in [0.3, 0.4) is 0 Å². The number of fused-ring (bicyclic) bond motifs is 2. The van der Waals surface area contributed by atoms with Crippen LogP contribution in [0.15, 0.2) is 29.1 Å². The molecule has 5 rings (SSSR count). The van der Waals surface area contributed by atoms with Gasteiger partial charge in [-0.2, -0.15) is 0 Å². The van der Waals surface area contributed by atoms with Crippen molar-refractivity contribution in [1.29, 1.82) is 0 Å². The van der Waals surface area contributed by atoms with Crippen LogP contribution in [0.1, 0.15) is 92.0 Å². The molecule has 0 spiro atoms. The number of carbonyl (C=O) groups is 2. The van der Waals surface area contributed by atoms with Gasteiger partial charge in [0, 0.05) is 57.1 Å². The standard InChI is InChI=1S/C34H52N6O4/c1-6-7-8-9-12-17-34(5,31(35)42)39-18-15-26(16-19-39)40-28-14-11-10-13-27(28)36-29(30(40)41)37-20-24-22-38(23-25(24)21-37)32(43)44-33(2,3)4/h10-11,13-14,24-26H,6-9,12,15-23H2,1-5H3,(H2,35,42). The molecule has 10 nitrogen and oxygen atoms in total. The lowest BCUT2D eigenvalue weighted by Gasteiger charge is -2.43. The zero-order valence-electron chi connectivity index (χ0n) is 27.4. The number of amides is 2. The Balaban J connectivity index is 1.31. The van der Waals surface area contributed by atoms with Gasteiger partial charge < -0.3 is 24.8 Å². The second kappa shape index (κ2) is 13.1. The van der Waals surface area contributed by atoms with Gasteiger partial charge in [0.15, 0.2) is 5.82 Å². The fourth-order valence-corrected chi connectivity index (χ4v) is 7.48. The Morgan fingerprint density at radius 1 is 0.955 bits per heavy atom. The molecule has 0 saturated carbocycles. The van der Waals surface area contributed by atoms with Gasteiger partial charge in [0.2, 0.25) is 5.91 Å². The molecule has 2 amide bonds. The summed E-state index contributed by atoms with van der Waals surface area (Å²) in [5, 5.41) is 0. The molecule has 4 heterocycles. The van der Waals surface area contributed by atoms with Gasteiger partial charge in [0.25, 0.3) is 5.56 Å². The van der Waals surface area contributed by atoms with Gasteiger partial charge in [-0.15, -0.1) is 0 Å². The zero-order chi connectivity index (χ0) is 31.6. The van der Waals surface area contributed by atoms with Crippen LogP contribution >= 0.6 is 0 Å². The van der Waals surface area contributed by atoms with Crippen molar-refractivity contribution in [3.05, 3.63) is 34.6 Å². The number of nitrogens with two attached hydrogens (primary N) is 1. The van der Waals surface area contributed by atoms with Crippen LogP contribution in [0.25, 0.3) is 11.0 Å². The maximum absolute atomic E-state index is 14.2. The quantitative estimate of drug-likeness (QED) is 0.380. The van der Waals surface area contributed by atoms with Crippen molar-refractivity contribution in [1.82, 2.24) is 19.4 Å². The molecule has 242 valence electrons. The predicted molar refractivity (Wildman–Crippen MR) is 174 cm³/mol. The van der Waals surface area contributed by atoms with Crippen LogP contribution in [0, 0.1) is 11.8 Å². The Kier molecular flexibility index (Phi) is 9.58. The summed E-state index contributed by atoms with van der Waals surface area (Å²) in [4.78, 5) is 50.7. The maximum Gasteiger partial charge on any atom is 0.410 e. The number of likely N-dealkylation sites (tertiary alicyclic amines) is 2. The highest BCUT2D eigenvalue weighted by Crippen LogP contribution is 2.35. The molecular formula is C34H52N6O4. The lowest BCUT2D eigenvalue weighted by atomic mass is 9.88. The second-order valence-electron chi connectivity index (χ2n) is 14.4. The predicted octanol–water partition coefficient (Wildman–Crippen LogP) is 4.94. The summed E-state index contributed by atoms with van der Waals surface area (Å²) < 4.78 is 7.56. The first-order chi connectivity index (χ1) is 20.9. The summed E-state index contributed by atoms with van der Waals surface area (Å²) in [6, 6.07) is 7.90. The van der Waals surface area contributed by atoms with E-state index in [1.807, 2.05) is 61.4 Å². The van der Waals surface area contributed by atoms with E-state index in [1.165, 1.54) is 19.3 Å². The van der Waals surface area contributed by atoms with Crippen LogP contribution in [-0.4, -0.2) is 81.8 Å². The first kappa shape index (κ1) is 32.3. The Labute approximate surface area is 261 Å². The Bertz CT molecular complexity index is 1380. The molecular weight excluding hydrogens is 556 g/mol. The number of carbonyl (C=O) groups excluding carboxylic acids is 2. The van der Waals surface area contributed by atoms with E-state index in [2.05, 4.69) is 16.7 Å². The molecule has 3 saturated heterocycles. The molecule has 1 aromatic carbocycles. The molecule has 1 aromatic heterocycles. The van der Waals surface area contributed by atoms with Crippen molar-refractivity contribution < 1.29 is 14.3 Å². The monoisotopic (exact) mass is 608 g/mol. The molecule has 2 N–H and O–H groups in total. The highest BCUT2D eigenvalue weighted by molar-refractivity contribution is 5.84. The lowest BCUT2D eigenvalue weighted by molar-refractivity contribution is -0.131. The van der Waals surface area contributed by atoms with E-state index in [4.69, 9.17) is 15.5 Å². The van der Waals surface area contributed by atoms with Gasteiger partial charge in [-0.25, -0.2) is 9.78 Å². The van der Waals surface area contributed by atoms with E-state index < -0.39 is 11.1 Å². The number of primary amides is 1. The van der Waals surface area contributed by atoms with E-state index in [0.29, 0.717) is 45.1 Å². The van der Waals surface area contributed by atoms with Crippen molar-refractivity contribution in [2.45, 2.75) is 103 Å². The first-order valence-corrected chi connectivity index (χ1v) is 16.7. The number of piperidine rings is 1. The van der Waals surface area contributed by atoms with Gasteiger partial charge in [0.1, 0.15) is 5.60 Å². The summed E-state index contributed by atoms with van der Waals surface area (Å²) in [6.45, 7) is 13.9. The third-order valence-corrected chi connectivity index (χ3v) is 10.0. The Morgan fingerprint density at radius 3 is 2.20 bits per heavy atom. The molecule has 3 aliphatic rings. The molecule has 3 unspecified atom stereocenters. The minimum Gasteiger partial charge on any atom is -0.444 e. The number of ether oxygens (including phenoxy) is 1. The van der Waals surface area contributed by atoms with Gasteiger partial charge >= 0.3 is 6.09 Å². The van der Waals surface area contributed by atoms with Crippen LogP contribution < -0.4 is 16.2 Å². The van der Waals surface area contributed by atoms with E-state index in [1.54, 1.807) is 0 Å². The Hall–Kier alpha value is -3.14. The smallest absolute Gasteiger partial charge is 0.410 e. The SMILES string of the molecule is CCCCCCCC(C)(C(N)=O)N1CCC(n2c(=O)c(N3CC4CN(C(=O)OC(C)(C)C)CC4C3)nc3ccccc32)CC1. The average Bonchev–Trinajstić information content (AvgIpc) is 3.56. The highest BCUT2D eigenvalue weighted by Gasteiger charge is 2.44. The van der Waals surface area contributed by atoms with Gasteiger partial charge in [-0.1, -0.05) is 51.2 Å². The van der Waals surface area contributed by atoms with E-state index in [0.717, 1.165) is 43.1 Å². The molecule has 0 bridgehead atoms. The van der Waals surface area contributed by atoms with Crippen LogP contribution in [-0.2, 0) is 9.53 Å². The molecule has 2 aromatic rings. The fourth-order valence-electron chi connectivity index (χ4n) is 7.48. The molecule has 0 aliphatic carbocycles. The molecule has 3 fully saturated rings. The number of hydrogen-bond acceptors (Lipinski definition) is 7. The number of unbranched alkanes of at least 4 members (excludes halogenated alkanes) is 4. The topological polar surface area (TPSA) is 114 Å². The molecule has 44 heavy (non-hydrogen) atoms. The van der Waals surface area contributed by atoms with Crippen LogP contribution in [0.2, 0.25) is 0 Å². The summed E-state index contributed by atoms with van der Waals surface area (Å²) in [7, 11) is 0. The largest absolute Gasteiger partial charge is 0.444 e. The first-order valence-electron chi connectivity index (χ1n) is 16.7. The van der Waals surface area contributed by atoms with Gasteiger partial charge in [0.05, 0.1) is 16.6 Å². The number of hydrogen-bond donors (Lipinski definition) is 1. The second-order valence-corrected chi connectivity index (χ2v) is 14.4. The molecule has 0 radical (unpaired) electrons. The molecule has 3 aliphatic heterocycles. The van der Waals surface area contributed by atoms with E-state index in [9.17, 15) is 14.4 Å². The maximum atomic E-state index is 14.2. The third kappa shape index (κ3) is 6.75. The minimum absolute atomic E-state index is 0.0110. The number of nitrogens with zero attached hydrogens (tertiary/aromatic N) is 5. The normalized spacial score (nSPS) is 22.8. The zero-order valence-corrected chi connectivity index (χ0v) is 27.4. The fraction of sp³-hybridized carbons (Fsp3) is 0.706. The van der Waals surface area contributed by atoms with Crippen molar-refractivity contribution in [3.8, 4) is 0 Å². The Morgan fingerprint density at radius 2 is 1.59 bits per heavy atom. The lowest BCUT2D eigenvalue weighted by Crippen LogP contribution is -2.58. The minimum atomic E-state index is -0.672. The van der Waals surface area contributed by atoms with E-state index in [-0.39, 0.29) is 35.4 Å². The summed E-state index contributed by atoms with van der Waals surface area (Å²) in [6.07, 6.45) is 7.74. The average molecular weight is 609 g/mol. The third-order valence-electron chi connectivity index (χ3n) is 10.0. The highest BCUT2D eigenvalue weighted by atomic mass is 16.6. The number of aromatic nitrogens is 2. The number of benzene rings is 1. The number of anilines is 1. The van der Waals surface area contributed by atoms with Crippen LogP contribution in [0.4, 0.5) is 10.6 Å². The molecule has 3 atom stereocenters. The van der Waals surface area contributed by atoms with Gasteiger partial charge in [-0.3, -0.25) is 14.5 Å². The van der Waals surface area contributed by atoms with E-state index >= 15 is 0 Å². The molecule has 10 heteroatoms. The number of para-hydroxylation sites is 2. The van der Waals surface area contributed by atoms with Crippen LogP contribution in [0.5, 0.6) is 0 Å². The van der Waals surface area contributed by atoms with Crippen molar-refractivity contribution >= 4 is 28.9 Å². The van der Waals surface area contributed by atoms with Crippen molar-refractivity contribution in [2.75, 3.05) is 44.2 Å². The number of rotatable bonds is 10. The van der Waals surface area contributed by atoms with Crippen molar-refractivity contribution in [3.63, 3.8) is 0 Å². The summed E-state index contributed by atoms with van der Waals surface area (Å²) in [5.74, 6) is 0.795. The summed E-state index contributed by atoms with van der Waals surface area (Å²) >= 11 is 0. The van der Waals surface area contributed by atoms with Crippen molar-refractivity contribution in [2.24, 2.45) is 17.6 Å². The summed E-state index contributed by atoms with van der Waals surface area (Å²) in [5.41, 5.74) is 6.40.